The zero-order chi connectivity index (χ0) is 15.6. The van der Waals surface area contributed by atoms with E-state index in [2.05, 4.69) is 0 Å². The molecule has 1 aliphatic rings. The zero-order valence-electron chi connectivity index (χ0n) is 12.3. The molecule has 0 N–H and O–H groups in total. The summed E-state index contributed by atoms with van der Waals surface area (Å²) in [6.45, 7) is 4.24. The largest absolute Gasteiger partial charge is 0.336 e. The van der Waals surface area contributed by atoms with Crippen LogP contribution in [0.25, 0.3) is 0 Å². The second-order valence-electron chi connectivity index (χ2n) is 5.45. The van der Waals surface area contributed by atoms with Crippen molar-refractivity contribution in [3.8, 4) is 0 Å². The number of aryl methyl sites for hydroxylation is 1. The molecular weight excluding hydrogens is 310 g/mol. The molecule has 1 aromatic rings. The van der Waals surface area contributed by atoms with Crippen LogP contribution in [-0.4, -0.2) is 31.8 Å². The van der Waals surface area contributed by atoms with E-state index in [0.717, 1.165) is 25.7 Å². The first kappa shape index (κ1) is 16.3. The number of rotatable bonds is 4. The molecule has 0 radical (unpaired) electrons. The van der Waals surface area contributed by atoms with Crippen molar-refractivity contribution in [2.45, 2.75) is 50.5 Å². The lowest BCUT2D eigenvalue weighted by Crippen LogP contribution is -2.38. The zero-order valence-corrected chi connectivity index (χ0v) is 13.9. The Morgan fingerprint density at radius 1 is 1.33 bits per heavy atom. The molecule has 0 bridgehead atoms. The smallest absolute Gasteiger partial charge is 0.261 e. The molecule has 1 saturated carbocycles. The molecule has 0 spiro atoms. The van der Waals surface area contributed by atoms with Crippen LogP contribution >= 0.6 is 10.7 Å². The van der Waals surface area contributed by atoms with E-state index in [-0.39, 0.29) is 16.8 Å². The standard InChI is InChI=1S/C15H20ClNO3S/c1-3-17(13-6-4-5-7-13)15(18)12-9-8-11(2)14(10-12)21(16,19)20/h8-10,13H,3-7H2,1-2H3. The van der Waals surface area contributed by atoms with Crippen molar-refractivity contribution >= 4 is 25.6 Å². The minimum Gasteiger partial charge on any atom is -0.336 e. The number of benzene rings is 1. The third kappa shape index (κ3) is 3.58. The number of hydrogen-bond donors (Lipinski definition) is 0. The Kier molecular flexibility index (Phi) is 4.94. The number of halogens is 1. The SMILES string of the molecule is CCN(C(=O)c1ccc(C)c(S(=O)(=O)Cl)c1)C1CCCC1. The van der Waals surface area contributed by atoms with Crippen LogP contribution < -0.4 is 0 Å². The number of carbonyl (C=O) groups is 1. The lowest BCUT2D eigenvalue weighted by molar-refractivity contribution is 0.0693. The predicted octanol–water partition coefficient (Wildman–Crippen LogP) is 3.33. The Balaban J connectivity index is 2.34. The minimum atomic E-state index is -3.84. The van der Waals surface area contributed by atoms with Crippen LogP contribution in [0.4, 0.5) is 0 Å². The van der Waals surface area contributed by atoms with Crippen molar-refractivity contribution in [2.24, 2.45) is 0 Å². The van der Waals surface area contributed by atoms with E-state index in [4.69, 9.17) is 10.7 Å². The Morgan fingerprint density at radius 2 is 1.95 bits per heavy atom. The van der Waals surface area contributed by atoms with Gasteiger partial charge in [-0.1, -0.05) is 18.9 Å². The highest BCUT2D eigenvalue weighted by atomic mass is 35.7. The van der Waals surface area contributed by atoms with Gasteiger partial charge in [0.1, 0.15) is 0 Å². The van der Waals surface area contributed by atoms with Gasteiger partial charge < -0.3 is 4.90 Å². The van der Waals surface area contributed by atoms with Crippen molar-refractivity contribution in [2.75, 3.05) is 6.54 Å². The molecule has 116 valence electrons. The van der Waals surface area contributed by atoms with Gasteiger partial charge in [-0.25, -0.2) is 8.42 Å². The first-order chi connectivity index (χ1) is 9.84. The van der Waals surface area contributed by atoms with Crippen LogP contribution in [0, 0.1) is 6.92 Å². The number of hydrogen-bond acceptors (Lipinski definition) is 3. The van der Waals surface area contributed by atoms with Gasteiger partial charge in [-0.05, 0) is 44.4 Å². The summed E-state index contributed by atoms with van der Waals surface area (Å²) in [7, 11) is 1.59. The van der Waals surface area contributed by atoms with Gasteiger partial charge in [0, 0.05) is 28.8 Å². The first-order valence-electron chi connectivity index (χ1n) is 7.21. The van der Waals surface area contributed by atoms with E-state index in [0.29, 0.717) is 17.7 Å². The maximum absolute atomic E-state index is 12.6. The molecule has 4 nitrogen and oxygen atoms in total. The van der Waals surface area contributed by atoms with Crippen molar-refractivity contribution in [1.29, 1.82) is 0 Å². The van der Waals surface area contributed by atoms with E-state index in [1.807, 2.05) is 11.8 Å². The van der Waals surface area contributed by atoms with Crippen molar-refractivity contribution in [3.05, 3.63) is 29.3 Å². The summed E-state index contributed by atoms with van der Waals surface area (Å²) < 4.78 is 23.1. The van der Waals surface area contributed by atoms with Gasteiger partial charge in [0.05, 0.1) is 4.90 Å². The van der Waals surface area contributed by atoms with E-state index in [9.17, 15) is 13.2 Å². The molecule has 1 amide bonds. The fourth-order valence-electron chi connectivity index (χ4n) is 2.95. The Bertz CT molecular complexity index is 636. The van der Waals surface area contributed by atoms with Gasteiger partial charge in [-0.15, -0.1) is 0 Å². The summed E-state index contributed by atoms with van der Waals surface area (Å²) in [6, 6.07) is 4.95. The molecule has 0 unspecified atom stereocenters. The van der Waals surface area contributed by atoms with Gasteiger partial charge >= 0.3 is 0 Å². The van der Waals surface area contributed by atoms with Crippen molar-refractivity contribution in [1.82, 2.24) is 4.90 Å². The molecule has 1 aliphatic carbocycles. The van der Waals surface area contributed by atoms with E-state index < -0.39 is 9.05 Å². The molecule has 21 heavy (non-hydrogen) atoms. The average molecular weight is 330 g/mol. The molecule has 0 heterocycles. The summed E-state index contributed by atoms with van der Waals surface area (Å²) >= 11 is 0. The molecule has 2 rings (SSSR count). The highest BCUT2D eigenvalue weighted by Crippen LogP contribution is 2.26. The van der Waals surface area contributed by atoms with Crippen LogP contribution in [0.5, 0.6) is 0 Å². The van der Waals surface area contributed by atoms with E-state index in [1.54, 1.807) is 19.1 Å². The molecule has 6 heteroatoms. The average Bonchev–Trinajstić information content (AvgIpc) is 2.92. The third-order valence-electron chi connectivity index (χ3n) is 4.06. The lowest BCUT2D eigenvalue weighted by atomic mass is 10.1. The number of amides is 1. The molecule has 0 atom stereocenters. The highest BCUT2D eigenvalue weighted by molar-refractivity contribution is 8.13. The maximum atomic E-state index is 12.6. The Morgan fingerprint density at radius 3 is 2.48 bits per heavy atom. The quantitative estimate of drug-likeness (QED) is 0.796. The molecular formula is C15H20ClNO3S. The summed E-state index contributed by atoms with van der Waals surface area (Å²) in [5, 5.41) is 0. The summed E-state index contributed by atoms with van der Waals surface area (Å²) in [5.41, 5.74) is 0.930. The predicted molar refractivity (Wildman–Crippen MR) is 83.2 cm³/mol. The van der Waals surface area contributed by atoms with Crippen LogP contribution in [0.1, 0.15) is 48.5 Å². The highest BCUT2D eigenvalue weighted by Gasteiger charge is 2.27. The van der Waals surface area contributed by atoms with Gasteiger partial charge in [-0.2, -0.15) is 0 Å². The van der Waals surface area contributed by atoms with E-state index >= 15 is 0 Å². The normalized spacial score (nSPS) is 16.1. The molecule has 0 aliphatic heterocycles. The number of carbonyl (C=O) groups excluding carboxylic acids is 1. The van der Waals surface area contributed by atoms with Gasteiger partial charge in [-0.3, -0.25) is 4.79 Å². The fraction of sp³-hybridized carbons (Fsp3) is 0.533. The number of nitrogens with zero attached hydrogens (tertiary/aromatic N) is 1. The Labute approximate surface area is 130 Å². The van der Waals surface area contributed by atoms with Crippen LogP contribution in [-0.2, 0) is 9.05 Å². The van der Waals surface area contributed by atoms with Crippen molar-refractivity contribution < 1.29 is 13.2 Å². The van der Waals surface area contributed by atoms with Gasteiger partial charge in [0.15, 0.2) is 0 Å². The Hall–Kier alpha value is -1.07. The summed E-state index contributed by atoms with van der Waals surface area (Å²) in [4.78, 5) is 14.5. The maximum Gasteiger partial charge on any atom is 0.261 e. The lowest BCUT2D eigenvalue weighted by Gasteiger charge is -2.28. The second kappa shape index (κ2) is 6.36. The van der Waals surface area contributed by atoms with Crippen LogP contribution in [0.3, 0.4) is 0 Å². The van der Waals surface area contributed by atoms with Gasteiger partial charge in [0.2, 0.25) is 0 Å². The minimum absolute atomic E-state index is 0.0116. The molecule has 0 saturated heterocycles. The van der Waals surface area contributed by atoms with E-state index in [1.165, 1.54) is 6.07 Å². The molecule has 0 aromatic heterocycles. The molecule has 1 aromatic carbocycles. The van der Waals surface area contributed by atoms with Gasteiger partial charge in [0.25, 0.3) is 15.0 Å². The summed E-state index contributed by atoms with van der Waals surface area (Å²) in [5.74, 6) is -0.119. The topological polar surface area (TPSA) is 54.5 Å². The fourth-order valence-corrected chi connectivity index (χ4v) is 4.16. The third-order valence-corrected chi connectivity index (χ3v) is 5.53. The van der Waals surface area contributed by atoms with Crippen LogP contribution in [0.2, 0.25) is 0 Å². The molecule has 1 fully saturated rings. The second-order valence-corrected chi connectivity index (χ2v) is 7.98. The first-order valence-corrected chi connectivity index (χ1v) is 9.51. The summed E-state index contributed by atoms with van der Waals surface area (Å²) in [6.07, 6.45) is 4.32. The van der Waals surface area contributed by atoms with Crippen molar-refractivity contribution in [3.63, 3.8) is 0 Å². The van der Waals surface area contributed by atoms with Crippen LogP contribution in [0.15, 0.2) is 23.1 Å². The monoisotopic (exact) mass is 329 g/mol.